The van der Waals surface area contributed by atoms with E-state index in [1.54, 1.807) is 0 Å². The summed E-state index contributed by atoms with van der Waals surface area (Å²) in [6.07, 6.45) is 1.20. The molecule has 0 amide bonds. The van der Waals surface area contributed by atoms with Crippen molar-refractivity contribution in [2.24, 2.45) is 0 Å². The molecule has 2 rings (SSSR count). The summed E-state index contributed by atoms with van der Waals surface area (Å²) in [7, 11) is 4.16. The first-order valence-corrected chi connectivity index (χ1v) is 6.47. The van der Waals surface area contributed by atoms with E-state index in [2.05, 4.69) is 60.4 Å². The molecule has 0 radical (unpaired) electrons. The van der Waals surface area contributed by atoms with Crippen LogP contribution in [0.25, 0.3) is 0 Å². The summed E-state index contributed by atoms with van der Waals surface area (Å²) >= 11 is 0. The summed E-state index contributed by atoms with van der Waals surface area (Å²) < 4.78 is 0. The topological polar surface area (TPSA) is 18.5 Å². The summed E-state index contributed by atoms with van der Waals surface area (Å²) in [5.41, 5.74) is 2.61. The number of hydrogen-bond donors (Lipinski definition) is 1. The van der Waals surface area contributed by atoms with E-state index in [9.17, 15) is 0 Å². The average molecular weight is 233 g/mol. The third-order valence-electron chi connectivity index (χ3n) is 3.52. The van der Waals surface area contributed by atoms with Crippen molar-refractivity contribution in [3.05, 3.63) is 24.3 Å². The van der Waals surface area contributed by atoms with E-state index in [-0.39, 0.29) is 0 Å². The van der Waals surface area contributed by atoms with Gasteiger partial charge in [0.15, 0.2) is 0 Å². The smallest absolute Gasteiger partial charge is 0.0412 e. The third kappa shape index (κ3) is 2.72. The molecule has 3 heteroatoms. The highest BCUT2D eigenvalue weighted by atomic mass is 15.2. The van der Waals surface area contributed by atoms with Crippen molar-refractivity contribution < 1.29 is 0 Å². The SMILES string of the molecule is CCC1CNCCN1c1ccc(N(C)C)cc1. The number of nitrogens with zero attached hydrogens (tertiary/aromatic N) is 2. The van der Waals surface area contributed by atoms with Crippen LogP contribution in [0.4, 0.5) is 11.4 Å². The van der Waals surface area contributed by atoms with Gasteiger partial charge < -0.3 is 15.1 Å². The van der Waals surface area contributed by atoms with Crippen LogP contribution in [0.3, 0.4) is 0 Å². The quantitative estimate of drug-likeness (QED) is 0.861. The van der Waals surface area contributed by atoms with Gasteiger partial charge in [-0.05, 0) is 30.7 Å². The molecule has 0 aliphatic carbocycles. The fourth-order valence-electron chi connectivity index (χ4n) is 2.41. The lowest BCUT2D eigenvalue weighted by atomic mass is 10.1. The van der Waals surface area contributed by atoms with Gasteiger partial charge in [0.2, 0.25) is 0 Å². The second kappa shape index (κ2) is 5.41. The Balaban J connectivity index is 2.15. The van der Waals surface area contributed by atoms with Crippen LogP contribution in [0.2, 0.25) is 0 Å². The van der Waals surface area contributed by atoms with E-state index in [4.69, 9.17) is 0 Å². The lowest BCUT2D eigenvalue weighted by molar-refractivity contribution is 0.466. The van der Waals surface area contributed by atoms with E-state index in [1.807, 2.05) is 0 Å². The Labute approximate surface area is 104 Å². The highest BCUT2D eigenvalue weighted by Crippen LogP contribution is 2.22. The summed E-state index contributed by atoms with van der Waals surface area (Å²) in [4.78, 5) is 4.66. The van der Waals surface area contributed by atoms with Crippen LogP contribution in [0, 0.1) is 0 Å². The maximum absolute atomic E-state index is 3.47. The first-order valence-electron chi connectivity index (χ1n) is 6.47. The number of anilines is 2. The molecule has 1 aromatic carbocycles. The van der Waals surface area contributed by atoms with Crippen molar-refractivity contribution in [1.29, 1.82) is 0 Å². The molecule has 0 spiro atoms. The predicted molar refractivity (Wildman–Crippen MR) is 75.1 cm³/mol. The van der Waals surface area contributed by atoms with Gasteiger partial charge in [0, 0.05) is 51.1 Å². The minimum absolute atomic E-state index is 0.633. The largest absolute Gasteiger partial charge is 0.378 e. The Morgan fingerprint density at radius 1 is 1.29 bits per heavy atom. The van der Waals surface area contributed by atoms with E-state index in [1.165, 1.54) is 17.8 Å². The van der Waals surface area contributed by atoms with Gasteiger partial charge in [0.1, 0.15) is 0 Å². The van der Waals surface area contributed by atoms with E-state index in [0.29, 0.717) is 6.04 Å². The summed E-state index contributed by atoms with van der Waals surface area (Å²) in [5.74, 6) is 0. The lowest BCUT2D eigenvalue weighted by Gasteiger charge is -2.37. The molecule has 1 saturated heterocycles. The predicted octanol–water partition coefficient (Wildman–Crippen LogP) is 1.94. The molecule has 1 aliphatic rings. The van der Waals surface area contributed by atoms with Crippen LogP contribution in [0.15, 0.2) is 24.3 Å². The van der Waals surface area contributed by atoms with E-state index < -0.39 is 0 Å². The summed E-state index contributed by atoms with van der Waals surface area (Å²) in [6.45, 7) is 5.57. The molecule has 0 bridgehead atoms. The van der Waals surface area contributed by atoms with Gasteiger partial charge in [0.25, 0.3) is 0 Å². The molecule has 3 nitrogen and oxygen atoms in total. The Morgan fingerprint density at radius 3 is 2.59 bits per heavy atom. The minimum Gasteiger partial charge on any atom is -0.378 e. The number of hydrogen-bond acceptors (Lipinski definition) is 3. The molecule has 0 saturated carbocycles. The lowest BCUT2D eigenvalue weighted by Crippen LogP contribution is -2.51. The van der Waals surface area contributed by atoms with Crippen molar-refractivity contribution in [1.82, 2.24) is 5.32 Å². The van der Waals surface area contributed by atoms with Crippen molar-refractivity contribution >= 4 is 11.4 Å². The maximum atomic E-state index is 3.47. The zero-order valence-electron chi connectivity index (χ0n) is 11.1. The van der Waals surface area contributed by atoms with Gasteiger partial charge >= 0.3 is 0 Å². The zero-order chi connectivity index (χ0) is 12.3. The van der Waals surface area contributed by atoms with Crippen LogP contribution in [-0.4, -0.2) is 39.8 Å². The first kappa shape index (κ1) is 12.2. The van der Waals surface area contributed by atoms with Crippen LogP contribution in [0.5, 0.6) is 0 Å². The van der Waals surface area contributed by atoms with Crippen LogP contribution >= 0.6 is 0 Å². The Morgan fingerprint density at radius 2 is 2.00 bits per heavy atom. The van der Waals surface area contributed by atoms with Gasteiger partial charge in [-0.25, -0.2) is 0 Å². The first-order chi connectivity index (χ1) is 8.22. The van der Waals surface area contributed by atoms with Gasteiger partial charge in [-0.2, -0.15) is 0 Å². The Kier molecular flexibility index (Phi) is 3.89. The molecule has 1 atom stereocenters. The van der Waals surface area contributed by atoms with E-state index >= 15 is 0 Å². The summed E-state index contributed by atoms with van der Waals surface area (Å²) in [6, 6.07) is 9.51. The van der Waals surface area contributed by atoms with Crippen molar-refractivity contribution in [2.45, 2.75) is 19.4 Å². The van der Waals surface area contributed by atoms with Gasteiger partial charge in [-0.15, -0.1) is 0 Å². The van der Waals surface area contributed by atoms with E-state index in [0.717, 1.165) is 19.6 Å². The maximum Gasteiger partial charge on any atom is 0.0412 e. The molecule has 1 N–H and O–H groups in total. The third-order valence-corrected chi connectivity index (χ3v) is 3.52. The van der Waals surface area contributed by atoms with Gasteiger partial charge in [-0.1, -0.05) is 6.92 Å². The van der Waals surface area contributed by atoms with Gasteiger partial charge in [0.05, 0.1) is 0 Å². The molecule has 0 aromatic heterocycles. The highest BCUT2D eigenvalue weighted by molar-refractivity contribution is 5.56. The monoisotopic (exact) mass is 233 g/mol. The normalized spacial score (nSPS) is 20.4. The molecule has 1 aliphatic heterocycles. The number of nitrogens with one attached hydrogen (secondary N) is 1. The second-order valence-electron chi connectivity index (χ2n) is 4.87. The second-order valence-corrected chi connectivity index (χ2v) is 4.87. The molecular formula is C14H23N3. The Hall–Kier alpha value is -1.22. The number of benzene rings is 1. The van der Waals surface area contributed by atoms with Gasteiger partial charge in [-0.3, -0.25) is 0 Å². The van der Waals surface area contributed by atoms with Crippen LogP contribution < -0.4 is 15.1 Å². The minimum atomic E-state index is 0.633. The average Bonchev–Trinajstić information content (AvgIpc) is 2.39. The standard InChI is InChI=1S/C14H23N3/c1-4-12-11-15-9-10-17(12)14-7-5-13(6-8-14)16(2)3/h5-8,12,15H,4,9-11H2,1-3H3. The molecular weight excluding hydrogens is 210 g/mol. The van der Waals surface area contributed by atoms with Crippen LogP contribution in [-0.2, 0) is 0 Å². The van der Waals surface area contributed by atoms with Crippen molar-refractivity contribution in [3.8, 4) is 0 Å². The number of piperazine rings is 1. The van der Waals surface area contributed by atoms with Crippen molar-refractivity contribution in [2.75, 3.05) is 43.5 Å². The zero-order valence-corrected chi connectivity index (χ0v) is 11.1. The highest BCUT2D eigenvalue weighted by Gasteiger charge is 2.20. The van der Waals surface area contributed by atoms with Crippen LogP contribution in [0.1, 0.15) is 13.3 Å². The molecule has 1 aromatic rings. The fourth-order valence-corrected chi connectivity index (χ4v) is 2.41. The number of rotatable bonds is 3. The molecule has 1 fully saturated rings. The molecule has 94 valence electrons. The molecule has 1 heterocycles. The Bertz CT molecular complexity index is 345. The molecule has 17 heavy (non-hydrogen) atoms. The molecule has 1 unspecified atom stereocenters. The fraction of sp³-hybridized carbons (Fsp3) is 0.571. The summed E-state index contributed by atoms with van der Waals surface area (Å²) in [5, 5.41) is 3.47. The van der Waals surface area contributed by atoms with Crippen molar-refractivity contribution in [3.63, 3.8) is 0 Å².